The maximum atomic E-state index is 6.19. The minimum atomic E-state index is 0.249. The molecule has 3 nitrogen and oxygen atoms in total. The second-order valence-electron chi connectivity index (χ2n) is 4.25. The molecule has 2 rings (SSSR count). The SMILES string of the molecule is CC1OCCC1N(C)c1ccc(N)cc1Cl. The predicted octanol–water partition coefficient (Wildman–Crippen LogP) is 2.54. The Balaban J connectivity index is 2.23. The smallest absolute Gasteiger partial charge is 0.0750 e. The van der Waals surface area contributed by atoms with Gasteiger partial charge in [0, 0.05) is 19.3 Å². The lowest BCUT2D eigenvalue weighted by Gasteiger charge is -2.29. The summed E-state index contributed by atoms with van der Waals surface area (Å²) in [5.74, 6) is 0. The first-order valence-corrected chi connectivity index (χ1v) is 5.87. The van der Waals surface area contributed by atoms with Crippen LogP contribution in [0.25, 0.3) is 0 Å². The lowest BCUT2D eigenvalue weighted by molar-refractivity contribution is 0.118. The monoisotopic (exact) mass is 240 g/mol. The topological polar surface area (TPSA) is 38.5 Å². The van der Waals surface area contributed by atoms with E-state index in [1.807, 2.05) is 19.2 Å². The normalized spacial score (nSPS) is 24.7. The van der Waals surface area contributed by atoms with Gasteiger partial charge in [-0.2, -0.15) is 0 Å². The molecule has 0 aliphatic carbocycles. The third-order valence-corrected chi connectivity index (χ3v) is 3.49. The van der Waals surface area contributed by atoms with E-state index in [9.17, 15) is 0 Å². The Bertz CT molecular complexity index is 383. The molecule has 16 heavy (non-hydrogen) atoms. The van der Waals surface area contributed by atoms with Gasteiger partial charge in [-0.3, -0.25) is 0 Å². The van der Waals surface area contributed by atoms with Crippen LogP contribution in [0, 0.1) is 0 Å². The Morgan fingerprint density at radius 3 is 2.81 bits per heavy atom. The number of hydrogen-bond acceptors (Lipinski definition) is 3. The number of likely N-dealkylation sites (N-methyl/N-ethyl adjacent to an activating group) is 1. The van der Waals surface area contributed by atoms with Crippen molar-refractivity contribution < 1.29 is 4.74 Å². The van der Waals surface area contributed by atoms with E-state index in [2.05, 4.69) is 11.8 Å². The molecule has 1 aromatic rings. The van der Waals surface area contributed by atoms with Gasteiger partial charge >= 0.3 is 0 Å². The summed E-state index contributed by atoms with van der Waals surface area (Å²) >= 11 is 6.19. The number of nitrogens with zero attached hydrogens (tertiary/aromatic N) is 1. The number of nitrogens with two attached hydrogens (primary N) is 1. The van der Waals surface area contributed by atoms with Crippen LogP contribution in [-0.2, 0) is 4.74 Å². The van der Waals surface area contributed by atoms with Crippen LogP contribution in [0.15, 0.2) is 18.2 Å². The van der Waals surface area contributed by atoms with Gasteiger partial charge in [-0.15, -0.1) is 0 Å². The zero-order valence-corrected chi connectivity index (χ0v) is 10.4. The minimum absolute atomic E-state index is 0.249. The summed E-state index contributed by atoms with van der Waals surface area (Å²) < 4.78 is 5.56. The average Bonchev–Trinajstić information content (AvgIpc) is 2.63. The molecule has 1 aliphatic heterocycles. The molecular weight excluding hydrogens is 224 g/mol. The van der Waals surface area contributed by atoms with Crippen LogP contribution in [0.3, 0.4) is 0 Å². The van der Waals surface area contributed by atoms with Crippen molar-refractivity contribution in [2.24, 2.45) is 0 Å². The maximum Gasteiger partial charge on any atom is 0.0750 e. The van der Waals surface area contributed by atoms with Crippen molar-refractivity contribution in [3.63, 3.8) is 0 Å². The third kappa shape index (κ3) is 2.11. The molecule has 0 bridgehead atoms. The number of benzene rings is 1. The summed E-state index contributed by atoms with van der Waals surface area (Å²) in [6.07, 6.45) is 1.29. The molecule has 1 fully saturated rings. The second-order valence-corrected chi connectivity index (χ2v) is 4.66. The van der Waals surface area contributed by atoms with Crippen molar-refractivity contribution in [1.29, 1.82) is 0 Å². The van der Waals surface area contributed by atoms with E-state index in [-0.39, 0.29) is 6.10 Å². The molecule has 2 unspecified atom stereocenters. The lowest BCUT2D eigenvalue weighted by Crippen LogP contribution is -2.36. The van der Waals surface area contributed by atoms with Crippen LogP contribution in [0.1, 0.15) is 13.3 Å². The van der Waals surface area contributed by atoms with Crippen molar-refractivity contribution >= 4 is 23.0 Å². The van der Waals surface area contributed by atoms with E-state index in [1.165, 1.54) is 0 Å². The molecule has 0 amide bonds. The second kappa shape index (κ2) is 4.52. The van der Waals surface area contributed by atoms with E-state index in [0.717, 1.165) is 18.7 Å². The van der Waals surface area contributed by atoms with Crippen LogP contribution >= 0.6 is 11.6 Å². The Kier molecular flexibility index (Phi) is 3.26. The summed E-state index contributed by atoms with van der Waals surface area (Å²) in [6, 6.07) is 6.01. The fraction of sp³-hybridized carbons (Fsp3) is 0.500. The molecule has 1 aliphatic rings. The number of halogens is 1. The number of ether oxygens (including phenoxy) is 1. The van der Waals surface area contributed by atoms with Gasteiger partial charge in [0.15, 0.2) is 0 Å². The first-order valence-electron chi connectivity index (χ1n) is 5.49. The van der Waals surface area contributed by atoms with Crippen molar-refractivity contribution in [3.05, 3.63) is 23.2 Å². The molecule has 1 saturated heterocycles. The van der Waals surface area contributed by atoms with Crippen LogP contribution in [0.4, 0.5) is 11.4 Å². The van der Waals surface area contributed by atoms with Gasteiger partial charge in [-0.25, -0.2) is 0 Å². The van der Waals surface area contributed by atoms with E-state index in [0.29, 0.717) is 16.8 Å². The standard InChI is InChI=1S/C12H17ClN2O/c1-8-11(5-6-16-8)15(2)12-4-3-9(14)7-10(12)13/h3-4,7-8,11H,5-6,14H2,1-2H3. The highest BCUT2D eigenvalue weighted by Crippen LogP contribution is 2.31. The fourth-order valence-corrected chi connectivity index (χ4v) is 2.54. The predicted molar refractivity (Wildman–Crippen MR) is 68.1 cm³/mol. The lowest BCUT2D eigenvalue weighted by atomic mass is 10.1. The Morgan fingerprint density at radius 1 is 1.50 bits per heavy atom. The first kappa shape index (κ1) is 11.6. The minimum Gasteiger partial charge on any atom is -0.399 e. The van der Waals surface area contributed by atoms with E-state index in [1.54, 1.807) is 6.07 Å². The van der Waals surface area contributed by atoms with Gasteiger partial charge in [0.05, 0.1) is 22.9 Å². The Labute approximate surface area is 101 Å². The van der Waals surface area contributed by atoms with Crippen LogP contribution < -0.4 is 10.6 Å². The molecule has 0 radical (unpaired) electrons. The number of nitrogen functional groups attached to an aromatic ring is 1. The van der Waals surface area contributed by atoms with Crippen LogP contribution in [0.2, 0.25) is 5.02 Å². The van der Waals surface area contributed by atoms with Gasteiger partial charge in [0.25, 0.3) is 0 Å². The van der Waals surface area contributed by atoms with E-state index >= 15 is 0 Å². The van der Waals surface area contributed by atoms with Gasteiger partial charge in [0.2, 0.25) is 0 Å². The summed E-state index contributed by atoms with van der Waals surface area (Å²) in [5.41, 5.74) is 7.39. The van der Waals surface area contributed by atoms with Crippen molar-refractivity contribution in [2.45, 2.75) is 25.5 Å². The van der Waals surface area contributed by atoms with Gasteiger partial charge < -0.3 is 15.4 Å². The molecule has 88 valence electrons. The number of hydrogen-bond donors (Lipinski definition) is 1. The van der Waals surface area contributed by atoms with Crippen LogP contribution in [-0.4, -0.2) is 25.8 Å². The zero-order valence-electron chi connectivity index (χ0n) is 9.61. The number of anilines is 2. The fourth-order valence-electron chi connectivity index (χ4n) is 2.22. The highest BCUT2D eigenvalue weighted by molar-refractivity contribution is 6.33. The largest absolute Gasteiger partial charge is 0.399 e. The van der Waals surface area contributed by atoms with Crippen molar-refractivity contribution in [1.82, 2.24) is 0 Å². The molecule has 1 aromatic carbocycles. The first-order chi connectivity index (χ1) is 7.59. The molecule has 2 atom stereocenters. The summed E-state index contributed by atoms with van der Waals surface area (Å²) in [7, 11) is 2.05. The van der Waals surface area contributed by atoms with E-state index in [4.69, 9.17) is 22.1 Å². The van der Waals surface area contributed by atoms with Gasteiger partial charge in [-0.05, 0) is 31.5 Å². The van der Waals surface area contributed by atoms with Gasteiger partial charge in [0.1, 0.15) is 0 Å². The summed E-state index contributed by atoms with van der Waals surface area (Å²) in [4.78, 5) is 2.18. The zero-order chi connectivity index (χ0) is 11.7. The van der Waals surface area contributed by atoms with Crippen molar-refractivity contribution in [2.75, 3.05) is 24.3 Å². The quantitative estimate of drug-likeness (QED) is 0.808. The molecule has 0 spiro atoms. The summed E-state index contributed by atoms with van der Waals surface area (Å²) in [6.45, 7) is 2.92. The highest BCUT2D eigenvalue weighted by atomic mass is 35.5. The Morgan fingerprint density at radius 2 is 2.25 bits per heavy atom. The molecule has 0 saturated carbocycles. The van der Waals surface area contributed by atoms with Gasteiger partial charge in [-0.1, -0.05) is 11.6 Å². The molecule has 4 heteroatoms. The molecule has 1 heterocycles. The molecule has 2 N–H and O–H groups in total. The number of rotatable bonds is 2. The third-order valence-electron chi connectivity index (χ3n) is 3.19. The van der Waals surface area contributed by atoms with Crippen LogP contribution in [0.5, 0.6) is 0 Å². The summed E-state index contributed by atoms with van der Waals surface area (Å²) in [5, 5.41) is 0.696. The molecule has 0 aromatic heterocycles. The van der Waals surface area contributed by atoms with E-state index < -0.39 is 0 Å². The van der Waals surface area contributed by atoms with Crippen molar-refractivity contribution in [3.8, 4) is 0 Å². The maximum absolute atomic E-state index is 6.19. The Hall–Kier alpha value is -0.930. The highest BCUT2D eigenvalue weighted by Gasteiger charge is 2.28. The molecular formula is C12H17ClN2O. The average molecular weight is 241 g/mol.